The van der Waals surface area contributed by atoms with Crippen LogP contribution in [0.1, 0.15) is 5.69 Å². The molecule has 0 spiro atoms. The van der Waals surface area contributed by atoms with Gasteiger partial charge in [-0.25, -0.2) is 4.98 Å². The van der Waals surface area contributed by atoms with E-state index >= 15 is 0 Å². The van der Waals surface area contributed by atoms with Crippen LogP contribution in [0.15, 0.2) is 66.9 Å². The van der Waals surface area contributed by atoms with Crippen LogP contribution >= 0.6 is 24.8 Å². The molecule has 4 rings (SSSR count). The van der Waals surface area contributed by atoms with Crippen molar-refractivity contribution in [3.8, 4) is 0 Å². The quantitative estimate of drug-likeness (QED) is 0.275. The van der Waals surface area contributed by atoms with E-state index < -0.39 is 0 Å². The zero-order valence-corrected chi connectivity index (χ0v) is 16.4. The molecule has 0 saturated heterocycles. The van der Waals surface area contributed by atoms with E-state index in [1.165, 1.54) is 6.07 Å². The van der Waals surface area contributed by atoms with Crippen LogP contribution in [0.25, 0.3) is 21.8 Å². The number of rotatable bonds is 5. The Hall–Kier alpha value is -2.96. The van der Waals surface area contributed by atoms with Crippen LogP contribution in [0.5, 0.6) is 0 Å². The van der Waals surface area contributed by atoms with Gasteiger partial charge in [-0.05, 0) is 24.3 Å². The van der Waals surface area contributed by atoms with E-state index in [2.05, 4.69) is 15.3 Å². The summed E-state index contributed by atoms with van der Waals surface area (Å²) in [5.74, 6) is 0. The number of nitro benzene ring substituents is 1. The van der Waals surface area contributed by atoms with Crippen molar-refractivity contribution in [1.29, 1.82) is 0 Å². The Bertz CT molecular complexity index is 1110. The topological polar surface area (TPSA) is 81.0 Å². The van der Waals surface area contributed by atoms with Crippen LogP contribution in [0, 0.1) is 10.1 Å². The number of anilines is 1. The minimum atomic E-state index is -0.358. The lowest BCUT2D eigenvalue weighted by molar-refractivity contribution is -0.383. The maximum Gasteiger partial charge on any atom is 0.280 e. The van der Waals surface area contributed by atoms with E-state index in [-0.39, 0.29) is 35.4 Å². The van der Waals surface area contributed by atoms with Gasteiger partial charge in [0.15, 0.2) is 0 Å². The molecule has 2 aromatic heterocycles. The molecule has 6 nitrogen and oxygen atoms in total. The van der Waals surface area contributed by atoms with E-state index in [0.717, 1.165) is 28.7 Å². The first-order valence-corrected chi connectivity index (χ1v) is 8.33. The van der Waals surface area contributed by atoms with E-state index in [0.29, 0.717) is 17.4 Å². The van der Waals surface area contributed by atoms with Crippen LogP contribution in [0.4, 0.5) is 11.4 Å². The van der Waals surface area contributed by atoms with Crippen LogP contribution < -0.4 is 5.32 Å². The zero-order valence-electron chi connectivity index (χ0n) is 14.7. The van der Waals surface area contributed by atoms with Crippen molar-refractivity contribution in [2.24, 2.45) is 0 Å². The standard InChI is InChI=1S/C20H16N4O2.2ClH/c25-24(26)18-10-5-9-17-19(18)20(15-7-1-2-8-16(15)23-17)22-13-11-14-6-3-4-12-21-14;;/h1-10,12H,11,13H2,(H,22,23);2*1H. The number of nitro groups is 1. The molecule has 0 aliphatic rings. The van der Waals surface area contributed by atoms with Gasteiger partial charge in [0.2, 0.25) is 0 Å². The Labute approximate surface area is 174 Å². The number of hydrogen-bond donors (Lipinski definition) is 1. The van der Waals surface area contributed by atoms with Gasteiger partial charge in [0.1, 0.15) is 5.39 Å². The van der Waals surface area contributed by atoms with Crippen molar-refractivity contribution in [2.75, 3.05) is 11.9 Å². The molecule has 2 aromatic carbocycles. The second kappa shape index (κ2) is 9.30. The number of para-hydroxylation sites is 1. The Kier molecular flexibility index (Phi) is 7.09. The normalized spacial score (nSPS) is 10.1. The number of aromatic nitrogens is 2. The van der Waals surface area contributed by atoms with Gasteiger partial charge < -0.3 is 5.32 Å². The molecule has 2 heterocycles. The maximum absolute atomic E-state index is 11.5. The summed E-state index contributed by atoms with van der Waals surface area (Å²) in [6.07, 6.45) is 2.48. The van der Waals surface area contributed by atoms with Crippen molar-refractivity contribution in [2.45, 2.75) is 6.42 Å². The summed E-state index contributed by atoms with van der Waals surface area (Å²) in [6.45, 7) is 0.617. The lowest BCUT2D eigenvalue weighted by Gasteiger charge is -2.13. The molecule has 0 amide bonds. The Morgan fingerprint density at radius 1 is 0.929 bits per heavy atom. The van der Waals surface area contributed by atoms with Gasteiger partial charge in [-0.15, -0.1) is 24.8 Å². The molecule has 0 aliphatic carbocycles. The fourth-order valence-corrected chi connectivity index (χ4v) is 3.12. The summed E-state index contributed by atoms with van der Waals surface area (Å²) in [5, 5.41) is 16.3. The van der Waals surface area contributed by atoms with Crippen molar-refractivity contribution in [3.05, 3.63) is 82.7 Å². The van der Waals surface area contributed by atoms with Gasteiger partial charge in [0.05, 0.1) is 21.6 Å². The highest BCUT2D eigenvalue weighted by molar-refractivity contribution is 6.11. The van der Waals surface area contributed by atoms with Gasteiger partial charge in [-0.3, -0.25) is 15.1 Å². The molecular formula is C20H18Cl2N4O2. The summed E-state index contributed by atoms with van der Waals surface area (Å²) >= 11 is 0. The van der Waals surface area contributed by atoms with Gasteiger partial charge >= 0.3 is 0 Å². The summed E-state index contributed by atoms with van der Waals surface area (Å²) in [5.41, 5.74) is 3.19. The van der Waals surface area contributed by atoms with Gasteiger partial charge in [-0.1, -0.05) is 30.3 Å². The molecule has 0 fully saturated rings. The number of halogens is 2. The number of nitrogens with zero attached hydrogens (tertiary/aromatic N) is 3. The van der Waals surface area contributed by atoms with Gasteiger partial charge in [0.25, 0.3) is 5.69 Å². The lowest BCUT2D eigenvalue weighted by Crippen LogP contribution is -2.08. The van der Waals surface area contributed by atoms with Gasteiger partial charge in [-0.2, -0.15) is 0 Å². The Morgan fingerprint density at radius 2 is 1.68 bits per heavy atom. The molecule has 0 atom stereocenters. The fraction of sp³-hybridized carbons (Fsp3) is 0.100. The predicted octanol–water partition coefficient (Wildman–Crippen LogP) is 5.19. The van der Waals surface area contributed by atoms with Gasteiger partial charge in [0, 0.05) is 36.3 Å². The maximum atomic E-state index is 11.5. The minimum absolute atomic E-state index is 0. The van der Waals surface area contributed by atoms with Crippen molar-refractivity contribution in [1.82, 2.24) is 9.97 Å². The van der Waals surface area contributed by atoms with Crippen molar-refractivity contribution in [3.63, 3.8) is 0 Å². The third-order valence-corrected chi connectivity index (χ3v) is 4.29. The number of fused-ring (bicyclic) bond motifs is 2. The average Bonchev–Trinajstić information content (AvgIpc) is 2.67. The predicted molar refractivity (Wildman–Crippen MR) is 117 cm³/mol. The fourth-order valence-electron chi connectivity index (χ4n) is 3.12. The summed E-state index contributed by atoms with van der Waals surface area (Å²) in [6, 6.07) is 18.5. The molecule has 4 aromatic rings. The highest BCUT2D eigenvalue weighted by atomic mass is 35.5. The summed E-state index contributed by atoms with van der Waals surface area (Å²) in [4.78, 5) is 20.1. The molecule has 1 N–H and O–H groups in total. The van der Waals surface area contributed by atoms with Crippen LogP contribution in [-0.2, 0) is 6.42 Å². The smallest absolute Gasteiger partial charge is 0.280 e. The average molecular weight is 417 g/mol. The monoisotopic (exact) mass is 416 g/mol. The molecule has 28 heavy (non-hydrogen) atoms. The molecule has 0 bridgehead atoms. The summed E-state index contributed by atoms with van der Waals surface area (Å²) in [7, 11) is 0. The van der Waals surface area contributed by atoms with E-state index in [1.54, 1.807) is 18.3 Å². The van der Waals surface area contributed by atoms with E-state index in [4.69, 9.17) is 0 Å². The molecule has 0 unspecified atom stereocenters. The third kappa shape index (κ3) is 4.13. The summed E-state index contributed by atoms with van der Waals surface area (Å²) < 4.78 is 0. The second-order valence-corrected chi connectivity index (χ2v) is 5.93. The molecule has 8 heteroatoms. The Morgan fingerprint density at radius 3 is 2.43 bits per heavy atom. The Balaban J connectivity index is 0.00000140. The first kappa shape index (κ1) is 21.3. The van der Waals surface area contributed by atoms with Crippen LogP contribution in [-0.4, -0.2) is 21.4 Å². The SMILES string of the molecule is Cl.Cl.O=[N+]([O-])c1cccc2nc3ccccc3c(NCCc3ccccn3)c12. The van der Waals surface area contributed by atoms with Crippen LogP contribution in [0.2, 0.25) is 0 Å². The zero-order chi connectivity index (χ0) is 17.9. The molecular weight excluding hydrogens is 399 g/mol. The van der Waals surface area contributed by atoms with Crippen LogP contribution in [0.3, 0.4) is 0 Å². The molecule has 0 aliphatic heterocycles. The molecule has 0 radical (unpaired) electrons. The van der Waals surface area contributed by atoms with E-state index in [1.807, 2.05) is 42.5 Å². The lowest BCUT2D eigenvalue weighted by atomic mass is 10.1. The number of nitrogens with one attached hydrogen (secondary N) is 1. The first-order chi connectivity index (χ1) is 12.7. The minimum Gasteiger partial charge on any atom is -0.383 e. The number of benzene rings is 2. The second-order valence-electron chi connectivity index (χ2n) is 5.93. The first-order valence-electron chi connectivity index (χ1n) is 8.33. The highest BCUT2D eigenvalue weighted by Crippen LogP contribution is 2.36. The largest absolute Gasteiger partial charge is 0.383 e. The molecule has 0 saturated carbocycles. The van der Waals surface area contributed by atoms with Crippen molar-refractivity contribution < 1.29 is 4.92 Å². The molecule has 144 valence electrons. The van der Waals surface area contributed by atoms with E-state index in [9.17, 15) is 10.1 Å². The highest BCUT2D eigenvalue weighted by Gasteiger charge is 2.18. The number of pyridine rings is 2. The number of hydrogen-bond acceptors (Lipinski definition) is 5. The number of non-ortho nitro benzene ring substituents is 1. The third-order valence-electron chi connectivity index (χ3n) is 4.29. The van der Waals surface area contributed by atoms with Crippen molar-refractivity contribution >= 4 is 58.0 Å².